The number of aryl methyl sites for hydroxylation is 1. The Balaban J connectivity index is 1.55. The van der Waals surface area contributed by atoms with Gasteiger partial charge in [-0.05, 0) is 48.7 Å². The summed E-state index contributed by atoms with van der Waals surface area (Å²) < 4.78 is 19.3. The van der Waals surface area contributed by atoms with E-state index < -0.39 is 0 Å². The van der Waals surface area contributed by atoms with Gasteiger partial charge in [-0.15, -0.1) is 0 Å². The second kappa shape index (κ2) is 10.3. The highest BCUT2D eigenvalue weighted by Crippen LogP contribution is 2.22. The van der Waals surface area contributed by atoms with Gasteiger partial charge >= 0.3 is 0 Å². The molecule has 0 N–H and O–H groups in total. The number of pyridine rings is 1. The van der Waals surface area contributed by atoms with Crippen molar-refractivity contribution in [1.29, 1.82) is 0 Å². The number of aromatic nitrogens is 1. The zero-order chi connectivity index (χ0) is 22.3. The van der Waals surface area contributed by atoms with Gasteiger partial charge in [0.2, 0.25) is 5.91 Å². The summed E-state index contributed by atoms with van der Waals surface area (Å²) >= 11 is 0. The SMILES string of the molecule is Cc1cccc(C(Cc2ccc(F)cc2)=NN2C(=O)CCC2COCc2ccccc2)n1. The third-order valence-corrected chi connectivity index (χ3v) is 5.41. The van der Waals surface area contributed by atoms with Gasteiger partial charge in [0.05, 0.1) is 30.7 Å². The topological polar surface area (TPSA) is 54.8 Å². The van der Waals surface area contributed by atoms with E-state index in [2.05, 4.69) is 4.98 Å². The van der Waals surface area contributed by atoms with E-state index >= 15 is 0 Å². The monoisotopic (exact) mass is 431 g/mol. The van der Waals surface area contributed by atoms with Crippen LogP contribution in [0.2, 0.25) is 0 Å². The van der Waals surface area contributed by atoms with Crippen molar-refractivity contribution in [3.8, 4) is 0 Å². The molecular formula is C26H26FN3O2. The van der Waals surface area contributed by atoms with Gasteiger partial charge in [0.25, 0.3) is 0 Å². The lowest BCUT2D eigenvalue weighted by atomic mass is 10.1. The number of ether oxygens (including phenoxy) is 1. The molecule has 1 unspecified atom stereocenters. The molecule has 3 aromatic rings. The third-order valence-electron chi connectivity index (χ3n) is 5.41. The van der Waals surface area contributed by atoms with Crippen molar-refractivity contribution in [3.63, 3.8) is 0 Å². The number of benzene rings is 2. The minimum atomic E-state index is -0.286. The van der Waals surface area contributed by atoms with Crippen molar-refractivity contribution >= 4 is 11.6 Å². The van der Waals surface area contributed by atoms with Gasteiger partial charge in [-0.25, -0.2) is 9.40 Å². The molecule has 1 atom stereocenters. The van der Waals surface area contributed by atoms with Crippen LogP contribution in [0.5, 0.6) is 0 Å². The van der Waals surface area contributed by atoms with E-state index in [9.17, 15) is 9.18 Å². The fourth-order valence-corrected chi connectivity index (χ4v) is 3.72. The van der Waals surface area contributed by atoms with Crippen LogP contribution < -0.4 is 0 Å². The predicted molar refractivity (Wildman–Crippen MR) is 122 cm³/mol. The van der Waals surface area contributed by atoms with Crippen LogP contribution in [-0.2, 0) is 22.6 Å². The summed E-state index contributed by atoms with van der Waals surface area (Å²) in [5, 5.41) is 6.31. The van der Waals surface area contributed by atoms with E-state index in [0.29, 0.717) is 43.9 Å². The zero-order valence-electron chi connectivity index (χ0n) is 18.1. The number of hydrogen-bond acceptors (Lipinski definition) is 4. The maximum Gasteiger partial charge on any atom is 0.243 e. The van der Waals surface area contributed by atoms with E-state index in [4.69, 9.17) is 9.84 Å². The van der Waals surface area contributed by atoms with Crippen molar-refractivity contribution in [2.45, 2.75) is 38.8 Å². The maximum absolute atomic E-state index is 13.4. The van der Waals surface area contributed by atoms with E-state index in [1.54, 1.807) is 17.1 Å². The van der Waals surface area contributed by atoms with Gasteiger partial charge in [0, 0.05) is 18.5 Å². The first-order valence-corrected chi connectivity index (χ1v) is 10.8. The standard InChI is InChI=1S/C26H26FN3O2/c1-19-6-5-9-24(28-19)25(16-20-10-12-22(27)13-11-20)29-30-23(14-15-26(30)31)18-32-17-21-7-3-2-4-8-21/h2-13,23H,14-18H2,1H3. The number of rotatable bonds is 8. The van der Waals surface area contributed by atoms with Crippen LogP contribution in [-0.4, -0.2) is 34.3 Å². The summed E-state index contributed by atoms with van der Waals surface area (Å²) in [7, 11) is 0. The van der Waals surface area contributed by atoms with Crippen LogP contribution in [0.4, 0.5) is 4.39 Å². The molecule has 1 aromatic heterocycles. The Kier molecular flexibility index (Phi) is 7.02. The van der Waals surface area contributed by atoms with Gasteiger partial charge in [0.15, 0.2) is 0 Å². The molecule has 164 valence electrons. The van der Waals surface area contributed by atoms with Crippen LogP contribution in [0.3, 0.4) is 0 Å². The smallest absolute Gasteiger partial charge is 0.243 e. The average Bonchev–Trinajstić information content (AvgIpc) is 3.15. The first kappa shape index (κ1) is 21.8. The van der Waals surface area contributed by atoms with Gasteiger partial charge in [-0.3, -0.25) is 9.78 Å². The Bertz CT molecular complexity index is 1080. The average molecular weight is 432 g/mol. The second-order valence-electron chi connectivity index (χ2n) is 7.95. The molecule has 2 aromatic carbocycles. The summed E-state index contributed by atoms with van der Waals surface area (Å²) in [6, 6.07) is 21.9. The Morgan fingerprint density at radius 2 is 1.84 bits per heavy atom. The number of hydrogen-bond donors (Lipinski definition) is 0. The van der Waals surface area contributed by atoms with Crippen LogP contribution in [0, 0.1) is 12.7 Å². The zero-order valence-corrected chi connectivity index (χ0v) is 18.1. The van der Waals surface area contributed by atoms with Crippen molar-refractivity contribution in [1.82, 2.24) is 9.99 Å². The molecule has 0 aliphatic carbocycles. The predicted octanol–water partition coefficient (Wildman–Crippen LogP) is 4.68. The highest BCUT2D eigenvalue weighted by atomic mass is 19.1. The highest BCUT2D eigenvalue weighted by Gasteiger charge is 2.32. The molecule has 0 saturated carbocycles. The van der Waals surface area contributed by atoms with Gasteiger partial charge in [0.1, 0.15) is 5.82 Å². The molecular weight excluding hydrogens is 405 g/mol. The van der Waals surface area contributed by atoms with E-state index in [-0.39, 0.29) is 17.8 Å². The molecule has 2 heterocycles. The molecule has 0 spiro atoms. The Morgan fingerprint density at radius 3 is 2.59 bits per heavy atom. The molecule has 1 fully saturated rings. The van der Waals surface area contributed by atoms with Crippen LogP contribution in [0.25, 0.3) is 0 Å². The molecule has 4 rings (SSSR count). The van der Waals surface area contributed by atoms with Crippen LogP contribution >= 0.6 is 0 Å². The Hall–Kier alpha value is -3.38. The third kappa shape index (κ3) is 5.65. The van der Waals surface area contributed by atoms with Crippen LogP contribution in [0.15, 0.2) is 77.9 Å². The molecule has 1 aliphatic rings. The number of carbonyl (C=O) groups excluding carboxylic acids is 1. The number of nitrogens with zero attached hydrogens (tertiary/aromatic N) is 3. The molecule has 0 radical (unpaired) electrons. The highest BCUT2D eigenvalue weighted by molar-refractivity contribution is 6.01. The summed E-state index contributed by atoms with van der Waals surface area (Å²) in [6.07, 6.45) is 1.58. The fourth-order valence-electron chi connectivity index (χ4n) is 3.72. The molecule has 32 heavy (non-hydrogen) atoms. The molecule has 1 amide bonds. The normalized spacial score (nSPS) is 16.6. The van der Waals surface area contributed by atoms with E-state index in [1.165, 1.54) is 12.1 Å². The van der Waals surface area contributed by atoms with Crippen molar-refractivity contribution in [3.05, 3.63) is 101 Å². The lowest BCUT2D eigenvalue weighted by Gasteiger charge is -2.21. The molecule has 6 heteroatoms. The fraction of sp³-hybridized carbons (Fsp3) is 0.269. The van der Waals surface area contributed by atoms with Gasteiger partial charge < -0.3 is 4.74 Å². The minimum absolute atomic E-state index is 0.0254. The molecule has 0 bridgehead atoms. The number of halogens is 1. The lowest BCUT2D eigenvalue weighted by molar-refractivity contribution is -0.129. The van der Waals surface area contributed by atoms with Crippen LogP contribution in [0.1, 0.15) is 35.4 Å². The molecule has 1 saturated heterocycles. The number of carbonyl (C=O) groups is 1. The van der Waals surface area contributed by atoms with Crippen molar-refractivity contribution < 1.29 is 13.9 Å². The Morgan fingerprint density at radius 1 is 1.06 bits per heavy atom. The lowest BCUT2D eigenvalue weighted by Crippen LogP contribution is -2.33. The first-order chi connectivity index (χ1) is 15.6. The summed E-state index contributed by atoms with van der Waals surface area (Å²) in [6.45, 7) is 2.82. The molecule has 5 nitrogen and oxygen atoms in total. The van der Waals surface area contributed by atoms with Gasteiger partial charge in [-0.2, -0.15) is 5.10 Å². The van der Waals surface area contributed by atoms with Gasteiger partial charge in [-0.1, -0.05) is 48.5 Å². The van der Waals surface area contributed by atoms with E-state index in [1.807, 2.05) is 55.5 Å². The number of hydrazone groups is 1. The second-order valence-corrected chi connectivity index (χ2v) is 7.95. The number of amides is 1. The van der Waals surface area contributed by atoms with Crippen molar-refractivity contribution in [2.24, 2.45) is 5.10 Å². The summed E-state index contributed by atoms with van der Waals surface area (Å²) in [5.41, 5.74) is 4.23. The largest absolute Gasteiger partial charge is 0.375 e. The summed E-state index contributed by atoms with van der Waals surface area (Å²) in [4.78, 5) is 17.2. The Labute approximate surface area is 187 Å². The maximum atomic E-state index is 13.4. The minimum Gasteiger partial charge on any atom is -0.375 e. The first-order valence-electron chi connectivity index (χ1n) is 10.8. The summed E-state index contributed by atoms with van der Waals surface area (Å²) in [5.74, 6) is -0.311. The van der Waals surface area contributed by atoms with Crippen molar-refractivity contribution in [2.75, 3.05) is 6.61 Å². The van der Waals surface area contributed by atoms with E-state index in [0.717, 1.165) is 16.8 Å². The molecule has 1 aliphatic heterocycles. The quantitative estimate of drug-likeness (QED) is 0.487.